The van der Waals surface area contributed by atoms with Gasteiger partial charge in [0.15, 0.2) is 0 Å². The highest BCUT2D eigenvalue weighted by molar-refractivity contribution is 6.00. The van der Waals surface area contributed by atoms with Gasteiger partial charge in [-0.3, -0.25) is 0 Å². The van der Waals surface area contributed by atoms with Crippen LogP contribution in [0.15, 0.2) is 194 Å². The van der Waals surface area contributed by atoms with E-state index in [1.807, 2.05) is 0 Å². The van der Waals surface area contributed by atoms with Crippen molar-refractivity contribution in [3.05, 3.63) is 244 Å². The molecule has 12 rings (SSSR count). The van der Waals surface area contributed by atoms with Crippen molar-refractivity contribution >= 4 is 22.4 Å². The predicted octanol–water partition coefficient (Wildman–Crippen LogP) is 15.5. The number of fused-ring (bicyclic) bond motifs is 12. The van der Waals surface area contributed by atoms with Crippen LogP contribution in [0.2, 0.25) is 0 Å². The zero-order chi connectivity index (χ0) is 41.4. The van der Waals surface area contributed by atoms with Crippen LogP contribution in [-0.4, -0.2) is 4.98 Å². The van der Waals surface area contributed by atoms with Gasteiger partial charge in [0.1, 0.15) is 0 Å². The summed E-state index contributed by atoms with van der Waals surface area (Å²) in [6, 6.07) is 59.8. The van der Waals surface area contributed by atoms with E-state index in [-0.39, 0.29) is 5.41 Å². The van der Waals surface area contributed by atoms with Crippen LogP contribution in [0.1, 0.15) is 83.2 Å². The van der Waals surface area contributed by atoms with E-state index in [4.69, 9.17) is 4.98 Å². The summed E-state index contributed by atoms with van der Waals surface area (Å²) in [4.78, 5) is 5.58. The standard InChI is InChI=1S/C61H47N/c1-60(2)52-25-13-15-27-54(52)61(55-28-16-14-26-53(55)60)51-35-34-45(44-33-32-42-31-30-41-20-9-6-12-23-47(41)49(42)36-44)37-50(51)59-48(24-17-29-56(59)61)58-39-46(40-18-7-3-4-8-19-40)38-57(62-58)43-21-10-5-11-22-43/h3,5,7-8,10-19,21-39H,4,6,9,20H2,1-2H3. The summed E-state index contributed by atoms with van der Waals surface area (Å²) < 4.78 is 0. The molecule has 0 unspecified atom stereocenters. The molecule has 1 spiro atoms. The van der Waals surface area contributed by atoms with Crippen molar-refractivity contribution in [2.75, 3.05) is 0 Å². The van der Waals surface area contributed by atoms with Gasteiger partial charge in [0.05, 0.1) is 16.8 Å². The largest absolute Gasteiger partial charge is 0.248 e. The van der Waals surface area contributed by atoms with E-state index >= 15 is 0 Å². The van der Waals surface area contributed by atoms with Crippen LogP contribution >= 0.6 is 0 Å². The molecule has 0 saturated heterocycles. The summed E-state index contributed by atoms with van der Waals surface area (Å²) in [6.07, 6.45) is 20.2. The summed E-state index contributed by atoms with van der Waals surface area (Å²) in [5, 5.41) is 2.62. The molecular formula is C61H47N. The summed E-state index contributed by atoms with van der Waals surface area (Å²) in [5.41, 5.74) is 21.8. The molecule has 4 aliphatic rings. The van der Waals surface area contributed by atoms with Crippen molar-refractivity contribution in [3.63, 3.8) is 0 Å². The maximum absolute atomic E-state index is 5.58. The van der Waals surface area contributed by atoms with E-state index < -0.39 is 5.41 Å². The van der Waals surface area contributed by atoms with E-state index in [9.17, 15) is 0 Å². The average Bonchev–Trinajstić information content (AvgIpc) is 3.58. The van der Waals surface area contributed by atoms with Gasteiger partial charge in [-0.2, -0.15) is 0 Å². The number of aryl methyl sites for hydroxylation is 1. The monoisotopic (exact) mass is 793 g/mol. The highest BCUT2D eigenvalue weighted by Crippen LogP contribution is 2.63. The first-order chi connectivity index (χ1) is 30.5. The van der Waals surface area contributed by atoms with Gasteiger partial charge >= 0.3 is 0 Å². The smallest absolute Gasteiger partial charge is 0.0722 e. The van der Waals surface area contributed by atoms with E-state index in [0.717, 1.165) is 47.3 Å². The number of nitrogens with zero attached hydrogens (tertiary/aromatic N) is 1. The molecule has 0 amide bonds. The molecule has 1 heterocycles. The average molecular weight is 794 g/mol. The first-order valence-electron chi connectivity index (χ1n) is 22.3. The Hall–Kier alpha value is -7.09. The Balaban J connectivity index is 1.16. The number of hydrogen-bond donors (Lipinski definition) is 0. The van der Waals surface area contributed by atoms with Crippen LogP contribution in [0, 0.1) is 0 Å². The lowest BCUT2D eigenvalue weighted by Crippen LogP contribution is -2.40. The summed E-state index contributed by atoms with van der Waals surface area (Å²) in [6.45, 7) is 4.80. The molecule has 7 aromatic carbocycles. The second-order valence-electron chi connectivity index (χ2n) is 18.0. The fourth-order valence-corrected chi connectivity index (χ4v) is 11.3. The van der Waals surface area contributed by atoms with E-state index in [0.29, 0.717) is 0 Å². The van der Waals surface area contributed by atoms with Gasteiger partial charge in [0.25, 0.3) is 0 Å². The third-order valence-corrected chi connectivity index (χ3v) is 14.2. The van der Waals surface area contributed by atoms with Gasteiger partial charge in [0, 0.05) is 16.5 Å². The second-order valence-corrected chi connectivity index (χ2v) is 18.0. The third-order valence-electron chi connectivity index (χ3n) is 14.2. The quantitative estimate of drug-likeness (QED) is 0.173. The summed E-state index contributed by atoms with van der Waals surface area (Å²) >= 11 is 0. The lowest BCUT2D eigenvalue weighted by molar-refractivity contribution is 0.563. The molecule has 1 aromatic heterocycles. The third kappa shape index (κ3) is 5.51. The normalized spacial score (nSPS) is 16.1. The van der Waals surface area contributed by atoms with E-state index in [1.165, 1.54) is 89.5 Å². The Kier molecular flexibility index (Phi) is 8.44. The van der Waals surface area contributed by atoms with Gasteiger partial charge in [-0.05, 0) is 139 Å². The van der Waals surface area contributed by atoms with Gasteiger partial charge in [-0.25, -0.2) is 4.98 Å². The van der Waals surface area contributed by atoms with Crippen LogP contribution in [0.4, 0.5) is 0 Å². The Morgan fingerprint density at radius 1 is 0.500 bits per heavy atom. The van der Waals surface area contributed by atoms with Gasteiger partial charge < -0.3 is 0 Å². The summed E-state index contributed by atoms with van der Waals surface area (Å²) in [7, 11) is 0. The number of benzene rings is 7. The minimum absolute atomic E-state index is 0.175. The highest BCUT2D eigenvalue weighted by Gasteiger charge is 2.53. The fourth-order valence-electron chi connectivity index (χ4n) is 11.3. The topological polar surface area (TPSA) is 12.9 Å². The molecule has 0 N–H and O–H groups in total. The molecule has 1 nitrogen and oxygen atoms in total. The SMILES string of the molecule is CC1(C)c2ccccc2C2(c3ccc(-c4ccc5ccc6c(c5c4)C=CCCC6)cc3-c3c(-c4cc(C5=CC=CCC=C5)cc(-c5ccccc5)n4)cccc32)c2ccccc21. The number of hydrogen-bond acceptors (Lipinski definition) is 1. The van der Waals surface area contributed by atoms with Crippen molar-refractivity contribution in [2.45, 2.75) is 50.4 Å². The molecule has 0 radical (unpaired) electrons. The zero-order valence-corrected chi connectivity index (χ0v) is 35.3. The van der Waals surface area contributed by atoms with E-state index in [1.54, 1.807) is 0 Å². The van der Waals surface area contributed by atoms with Crippen molar-refractivity contribution in [3.8, 4) is 44.8 Å². The van der Waals surface area contributed by atoms with Crippen LogP contribution in [0.3, 0.4) is 0 Å². The fraction of sp³-hybridized carbons (Fsp3) is 0.131. The number of rotatable bonds is 4. The van der Waals surface area contributed by atoms with Crippen molar-refractivity contribution in [1.82, 2.24) is 4.98 Å². The molecule has 4 aliphatic carbocycles. The molecule has 1 heteroatoms. The predicted molar refractivity (Wildman–Crippen MR) is 260 cm³/mol. The number of pyridine rings is 1. The molecule has 62 heavy (non-hydrogen) atoms. The Bertz CT molecular complexity index is 3210. The first-order valence-corrected chi connectivity index (χ1v) is 22.3. The lowest BCUT2D eigenvalue weighted by Gasteiger charge is -2.46. The van der Waals surface area contributed by atoms with Crippen LogP contribution < -0.4 is 0 Å². The van der Waals surface area contributed by atoms with Gasteiger partial charge in [-0.15, -0.1) is 0 Å². The molecule has 8 aromatic rings. The molecule has 0 fully saturated rings. The molecule has 0 bridgehead atoms. The van der Waals surface area contributed by atoms with Crippen LogP contribution in [-0.2, 0) is 17.3 Å². The molecule has 0 saturated carbocycles. The molecule has 0 atom stereocenters. The maximum Gasteiger partial charge on any atom is 0.0722 e. The van der Waals surface area contributed by atoms with Gasteiger partial charge in [-0.1, -0.05) is 190 Å². The minimum Gasteiger partial charge on any atom is -0.248 e. The first kappa shape index (κ1) is 36.7. The number of aromatic nitrogens is 1. The Morgan fingerprint density at radius 2 is 1.21 bits per heavy atom. The molecular weight excluding hydrogens is 747 g/mol. The Labute approximate surface area is 365 Å². The van der Waals surface area contributed by atoms with Crippen molar-refractivity contribution < 1.29 is 0 Å². The van der Waals surface area contributed by atoms with Crippen LogP contribution in [0.5, 0.6) is 0 Å². The zero-order valence-electron chi connectivity index (χ0n) is 35.3. The highest BCUT2D eigenvalue weighted by atomic mass is 14.7. The lowest BCUT2D eigenvalue weighted by atomic mass is 9.55. The van der Waals surface area contributed by atoms with Gasteiger partial charge in [0.2, 0.25) is 0 Å². The van der Waals surface area contributed by atoms with Crippen LogP contribution in [0.25, 0.3) is 67.2 Å². The van der Waals surface area contributed by atoms with Crippen molar-refractivity contribution in [1.29, 1.82) is 0 Å². The van der Waals surface area contributed by atoms with E-state index in [2.05, 4.69) is 214 Å². The Morgan fingerprint density at radius 3 is 2.03 bits per heavy atom. The molecule has 296 valence electrons. The molecule has 0 aliphatic heterocycles. The minimum atomic E-state index is -0.523. The number of allylic oxidation sites excluding steroid dienone is 7. The second kappa shape index (κ2) is 14.3. The summed E-state index contributed by atoms with van der Waals surface area (Å²) in [5.74, 6) is 0. The maximum atomic E-state index is 5.58. The van der Waals surface area contributed by atoms with Crippen molar-refractivity contribution in [2.24, 2.45) is 0 Å².